The van der Waals surface area contributed by atoms with Crippen LogP contribution in [0.5, 0.6) is 0 Å². The average molecular weight is 542 g/mol. The van der Waals surface area contributed by atoms with Crippen molar-refractivity contribution in [3.8, 4) is 0 Å². The quantitative estimate of drug-likeness (QED) is 0.320. The van der Waals surface area contributed by atoms with Crippen molar-refractivity contribution in [1.29, 1.82) is 0 Å². The summed E-state index contributed by atoms with van der Waals surface area (Å²) in [6, 6.07) is 0. The highest BCUT2D eigenvalue weighted by Crippen LogP contribution is 2.68. The zero-order valence-electron chi connectivity index (χ0n) is 23.4. The van der Waals surface area contributed by atoms with Gasteiger partial charge in [0.05, 0.1) is 18.0 Å². The van der Waals surface area contributed by atoms with Crippen molar-refractivity contribution in [2.75, 3.05) is 12.3 Å². The number of hydrogen-bond acceptors (Lipinski definition) is 5. The van der Waals surface area contributed by atoms with Gasteiger partial charge in [-0.1, -0.05) is 40.5 Å². The molecule has 4 N–H and O–H groups in total. The third-order valence-corrected chi connectivity index (χ3v) is 12.5. The van der Waals surface area contributed by atoms with Crippen LogP contribution >= 0.6 is 0 Å². The molecule has 0 unspecified atom stereocenters. The maximum Gasteiger partial charge on any atom is 0.266 e. The Morgan fingerprint density at radius 1 is 0.973 bits per heavy atom. The maximum absolute atomic E-state index is 12.3. The summed E-state index contributed by atoms with van der Waals surface area (Å²) in [7, 11) is -4.06. The highest BCUT2D eigenvalue weighted by atomic mass is 32.2. The Hall–Kier alpha value is -0.700. The zero-order valence-corrected chi connectivity index (χ0v) is 24.2. The van der Waals surface area contributed by atoms with Crippen molar-refractivity contribution in [1.82, 2.24) is 5.32 Å². The molecule has 0 radical (unpaired) electrons. The molecule has 1 amide bonds. The van der Waals surface area contributed by atoms with Crippen molar-refractivity contribution in [3.05, 3.63) is 0 Å². The van der Waals surface area contributed by atoms with E-state index in [1.54, 1.807) is 0 Å². The standard InChI is InChI=1S/C29H51NO6S/c1-18(6-5-7-19(2)27(33)30-14-15-37(34,35)36)22-8-9-23-26-24(11-13-29(22,23)4)28(3)12-10-21(31)16-20(28)17-25(26)32/h18-26,31-32H,5-17H2,1-4H3,(H,30,33)(H,34,35,36)/t18-,19+,20+,21-,22-,23+,24+,25-,26+,28+,29-/m1/s1. The van der Waals surface area contributed by atoms with Gasteiger partial charge in [-0.25, -0.2) is 0 Å². The highest BCUT2D eigenvalue weighted by molar-refractivity contribution is 7.85. The van der Waals surface area contributed by atoms with E-state index in [1.807, 2.05) is 6.92 Å². The molecule has 0 spiro atoms. The van der Waals surface area contributed by atoms with E-state index in [0.29, 0.717) is 35.5 Å². The fraction of sp³-hybridized carbons (Fsp3) is 0.966. The van der Waals surface area contributed by atoms with Crippen molar-refractivity contribution in [2.24, 2.45) is 52.3 Å². The largest absolute Gasteiger partial charge is 0.393 e. The van der Waals surface area contributed by atoms with E-state index in [4.69, 9.17) is 4.55 Å². The second kappa shape index (κ2) is 11.1. The fourth-order valence-corrected chi connectivity index (χ4v) is 10.1. The Morgan fingerprint density at radius 3 is 2.35 bits per heavy atom. The lowest BCUT2D eigenvalue weighted by Crippen LogP contribution is -2.58. The monoisotopic (exact) mass is 541 g/mol. The molecule has 4 aliphatic carbocycles. The zero-order chi connectivity index (χ0) is 27.2. The molecule has 8 heteroatoms. The van der Waals surface area contributed by atoms with Crippen molar-refractivity contribution in [2.45, 2.75) is 111 Å². The van der Waals surface area contributed by atoms with Gasteiger partial charge in [0.1, 0.15) is 0 Å². The van der Waals surface area contributed by atoms with Gasteiger partial charge in [-0.3, -0.25) is 9.35 Å². The van der Waals surface area contributed by atoms with Crippen LogP contribution in [0.1, 0.15) is 98.3 Å². The van der Waals surface area contributed by atoms with E-state index < -0.39 is 15.9 Å². The number of rotatable bonds is 9. The molecule has 0 aromatic rings. The molecule has 4 aliphatic rings. The van der Waals surface area contributed by atoms with Crippen LogP contribution in [0, 0.1) is 52.3 Å². The van der Waals surface area contributed by atoms with Crippen molar-refractivity contribution in [3.63, 3.8) is 0 Å². The number of carbonyl (C=O) groups is 1. The molecule has 214 valence electrons. The summed E-state index contributed by atoms with van der Waals surface area (Å²) >= 11 is 0. The summed E-state index contributed by atoms with van der Waals surface area (Å²) in [6.07, 6.45) is 10.9. The van der Waals surface area contributed by atoms with E-state index in [0.717, 1.165) is 44.9 Å². The number of nitrogens with one attached hydrogen (secondary N) is 1. The number of hydrogen-bond donors (Lipinski definition) is 4. The number of aliphatic hydroxyl groups is 2. The SMILES string of the molecule is C[C@H](CCC[C@H](C)C(=O)NCCS(=O)(=O)O)[C@H]1CC[C@H]2[C@@H]3[C@H](O)C[C@@H]4C[C@H](O)CC[C@]4(C)[C@H]3CC[C@]12C. The van der Waals surface area contributed by atoms with Gasteiger partial charge >= 0.3 is 0 Å². The van der Waals surface area contributed by atoms with Gasteiger partial charge in [-0.15, -0.1) is 0 Å². The van der Waals surface area contributed by atoms with Crippen LogP contribution < -0.4 is 5.32 Å². The summed E-state index contributed by atoms with van der Waals surface area (Å²) in [6.45, 7) is 9.15. The van der Waals surface area contributed by atoms with Gasteiger partial charge in [0, 0.05) is 12.5 Å². The van der Waals surface area contributed by atoms with Gasteiger partial charge in [0.25, 0.3) is 10.1 Å². The van der Waals surface area contributed by atoms with Gasteiger partial charge in [-0.2, -0.15) is 8.42 Å². The van der Waals surface area contributed by atoms with Crippen molar-refractivity contribution >= 4 is 16.0 Å². The van der Waals surface area contributed by atoms with Gasteiger partial charge in [-0.05, 0) is 104 Å². The van der Waals surface area contributed by atoms with Gasteiger partial charge in [0.2, 0.25) is 5.91 Å². The molecular weight excluding hydrogens is 490 g/mol. The number of aliphatic hydroxyl groups excluding tert-OH is 2. The summed E-state index contributed by atoms with van der Waals surface area (Å²) in [4.78, 5) is 12.3. The van der Waals surface area contributed by atoms with Crippen molar-refractivity contribution < 1.29 is 28.0 Å². The maximum atomic E-state index is 12.3. The topological polar surface area (TPSA) is 124 Å². The highest BCUT2D eigenvalue weighted by Gasteiger charge is 2.62. The lowest BCUT2D eigenvalue weighted by molar-refractivity contribution is -0.174. The Kier molecular flexibility index (Phi) is 8.75. The molecule has 0 aromatic carbocycles. The predicted octanol–water partition coefficient (Wildman–Crippen LogP) is 4.42. The van der Waals surface area contributed by atoms with E-state index in [-0.39, 0.29) is 41.4 Å². The number of amides is 1. The second-order valence-corrected chi connectivity index (χ2v) is 15.4. The first-order valence-electron chi connectivity index (χ1n) is 14.8. The van der Waals surface area contributed by atoms with Crippen LogP contribution in [0.2, 0.25) is 0 Å². The predicted molar refractivity (Wildman–Crippen MR) is 144 cm³/mol. The third-order valence-electron chi connectivity index (χ3n) is 11.8. The number of carbonyl (C=O) groups excluding carboxylic acids is 1. The molecule has 0 heterocycles. The van der Waals surface area contributed by atoms with Crippen LogP contribution in [0.15, 0.2) is 0 Å². The lowest BCUT2D eigenvalue weighted by Gasteiger charge is -2.62. The Labute approximate surface area is 224 Å². The molecule has 0 bridgehead atoms. The molecular formula is C29H51NO6S. The summed E-state index contributed by atoms with van der Waals surface area (Å²) in [5, 5.41) is 24.3. The molecule has 4 saturated carbocycles. The van der Waals surface area contributed by atoms with Crippen LogP contribution in [0.4, 0.5) is 0 Å². The molecule has 0 saturated heterocycles. The smallest absolute Gasteiger partial charge is 0.266 e. The van der Waals surface area contributed by atoms with E-state index in [2.05, 4.69) is 26.1 Å². The Morgan fingerprint density at radius 2 is 1.65 bits per heavy atom. The van der Waals surface area contributed by atoms with Gasteiger partial charge < -0.3 is 15.5 Å². The van der Waals surface area contributed by atoms with Crippen LogP contribution in [-0.4, -0.2) is 53.6 Å². The summed E-state index contributed by atoms with van der Waals surface area (Å²) in [5.41, 5.74) is 0.518. The molecule has 0 aliphatic heterocycles. The first-order valence-corrected chi connectivity index (χ1v) is 16.5. The molecule has 11 atom stereocenters. The molecule has 7 nitrogen and oxygen atoms in total. The minimum Gasteiger partial charge on any atom is -0.393 e. The van der Waals surface area contributed by atoms with Crippen LogP contribution in [0.25, 0.3) is 0 Å². The summed E-state index contributed by atoms with van der Waals surface area (Å²) < 4.78 is 30.5. The van der Waals surface area contributed by atoms with Gasteiger partial charge in [0.15, 0.2) is 0 Å². The molecule has 4 fully saturated rings. The van der Waals surface area contributed by atoms with E-state index in [1.165, 1.54) is 25.7 Å². The minimum atomic E-state index is -4.06. The molecule has 37 heavy (non-hydrogen) atoms. The van der Waals surface area contributed by atoms with Crippen LogP contribution in [-0.2, 0) is 14.9 Å². The molecule has 0 aromatic heterocycles. The number of fused-ring (bicyclic) bond motifs is 5. The average Bonchev–Trinajstić information content (AvgIpc) is 3.16. The minimum absolute atomic E-state index is 0.0609. The van der Waals surface area contributed by atoms with E-state index >= 15 is 0 Å². The normalized spacial score (nSPS) is 43.3. The van der Waals surface area contributed by atoms with Crippen LogP contribution in [0.3, 0.4) is 0 Å². The van der Waals surface area contributed by atoms with E-state index in [9.17, 15) is 23.4 Å². The lowest BCUT2D eigenvalue weighted by atomic mass is 9.43. The fourth-order valence-electron chi connectivity index (χ4n) is 9.73. The molecule has 4 rings (SSSR count). The Balaban J connectivity index is 1.32. The first kappa shape index (κ1) is 29.3. The summed E-state index contributed by atoms with van der Waals surface area (Å²) in [5.74, 6) is 2.39. The first-order chi connectivity index (χ1) is 17.3. The third kappa shape index (κ3) is 5.92. The Bertz CT molecular complexity index is 925. The second-order valence-electron chi connectivity index (χ2n) is 13.8.